The minimum absolute atomic E-state index is 0.149. The molecule has 2 rings (SSSR count). The summed E-state index contributed by atoms with van der Waals surface area (Å²) in [6.07, 6.45) is 3.50. The molecule has 0 bridgehead atoms. The van der Waals surface area contributed by atoms with E-state index in [0.29, 0.717) is 19.1 Å². The molecule has 0 fully saturated rings. The highest BCUT2D eigenvalue weighted by Crippen LogP contribution is 2.14. The highest BCUT2D eigenvalue weighted by atomic mass is 19.2. The molecule has 0 atom stereocenters. The van der Waals surface area contributed by atoms with Crippen LogP contribution in [0.4, 0.5) is 20.4 Å². The molecule has 1 amide bonds. The maximum absolute atomic E-state index is 13.1. The van der Waals surface area contributed by atoms with Crippen molar-refractivity contribution in [2.45, 2.75) is 6.42 Å². The molecule has 0 saturated carbocycles. The summed E-state index contributed by atoms with van der Waals surface area (Å²) >= 11 is 0. The van der Waals surface area contributed by atoms with Gasteiger partial charge in [-0.15, -0.1) is 0 Å². The summed E-state index contributed by atoms with van der Waals surface area (Å²) in [6.45, 7) is 1.27. The van der Waals surface area contributed by atoms with Gasteiger partial charge >= 0.3 is 0 Å². The largest absolute Gasteiger partial charge is 0.385 e. The van der Waals surface area contributed by atoms with Gasteiger partial charge in [0.1, 0.15) is 0 Å². The first-order chi connectivity index (χ1) is 11.1. The zero-order chi connectivity index (χ0) is 16.7. The fraction of sp³-hybridized carbons (Fsp3) is 0.267. The van der Waals surface area contributed by atoms with Crippen molar-refractivity contribution in [2.24, 2.45) is 0 Å². The number of aromatic nitrogens is 2. The lowest BCUT2D eigenvalue weighted by Gasteiger charge is -2.07. The number of nitrogens with one attached hydrogen (secondary N) is 2. The van der Waals surface area contributed by atoms with Crippen molar-refractivity contribution >= 4 is 17.5 Å². The maximum atomic E-state index is 13.1. The summed E-state index contributed by atoms with van der Waals surface area (Å²) in [7, 11) is 1.62. The van der Waals surface area contributed by atoms with Gasteiger partial charge in [-0.1, -0.05) is 0 Å². The SMILES string of the molecule is COCCCNc1ncc(C(=O)Nc2ccc(F)c(F)c2)cn1. The van der Waals surface area contributed by atoms with Crippen LogP contribution in [0.5, 0.6) is 0 Å². The van der Waals surface area contributed by atoms with E-state index < -0.39 is 17.5 Å². The Morgan fingerprint density at radius 2 is 1.96 bits per heavy atom. The Morgan fingerprint density at radius 3 is 2.61 bits per heavy atom. The second-order valence-corrected chi connectivity index (χ2v) is 4.65. The normalized spacial score (nSPS) is 10.4. The molecule has 2 N–H and O–H groups in total. The molecule has 122 valence electrons. The van der Waals surface area contributed by atoms with E-state index in [9.17, 15) is 13.6 Å². The van der Waals surface area contributed by atoms with Gasteiger partial charge in [-0.25, -0.2) is 18.7 Å². The van der Waals surface area contributed by atoms with Gasteiger partial charge in [-0.3, -0.25) is 4.79 Å². The molecular weight excluding hydrogens is 306 g/mol. The zero-order valence-corrected chi connectivity index (χ0v) is 12.5. The van der Waals surface area contributed by atoms with Crippen LogP contribution < -0.4 is 10.6 Å². The number of methoxy groups -OCH3 is 1. The number of carbonyl (C=O) groups excluding carboxylic acids is 1. The fourth-order valence-electron chi connectivity index (χ4n) is 1.73. The minimum atomic E-state index is -1.03. The average Bonchev–Trinajstić information content (AvgIpc) is 2.55. The van der Waals surface area contributed by atoms with Crippen LogP contribution in [0.1, 0.15) is 16.8 Å². The molecule has 6 nitrogen and oxygen atoms in total. The Bertz CT molecular complexity index is 665. The molecule has 0 spiro atoms. The van der Waals surface area contributed by atoms with E-state index in [1.807, 2.05) is 0 Å². The molecule has 0 saturated heterocycles. The molecule has 23 heavy (non-hydrogen) atoms. The van der Waals surface area contributed by atoms with E-state index >= 15 is 0 Å². The molecule has 1 aromatic heterocycles. The number of anilines is 2. The fourth-order valence-corrected chi connectivity index (χ4v) is 1.73. The molecule has 0 aliphatic heterocycles. The van der Waals surface area contributed by atoms with Crippen molar-refractivity contribution < 1.29 is 18.3 Å². The minimum Gasteiger partial charge on any atom is -0.385 e. The van der Waals surface area contributed by atoms with Crippen LogP contribution >= 0.6 is 0 Å². The van der Waals surface area contributed by atoms with Crippen LogP contribution in [0.25, 0.3) is 0 Å². The van der Waals surface area contributed by atoms with Gasteiger partial charge in [-0.2, -0.15) is 0 Å². The summed E-state index contributed by atoms with van der Waals surface area (Å²) in [5, 5.41) is 5.43. The summed E-state index contributed by atoms with van der Waals surface area (Å²) in [5.74, 6) is -2.13. The van der Waals surface area contributed by atoms with Crippen LogP contribution in [0.15, 0.2) is 30.6 Å². The second kappa shape index (κ2) is 8.14. The number of hydrogen-bond donors (Lipinski definition) is 2. The number of benzene rings is 1. The van der Waals surface area contributed by atoms with Gasteiger partial charge in [0.05, 0.1) is 5.56 Å². The number of hydrogen-bond acceptors (Lipinski definition) is 5. The Kier molecular flexibility index (Phi) is 5.93. The van der Waals surface area contributed by atoms with Gasteiger partial charge in [0.15, 0.2) is 11.6 Å². The van der Waals surface area contributed by atoms with Gasteiger partial charge in [0, 0.05) is 44.4 Å². The van der Waals surface area contributed by atoms with Crippen LogP contribution in [0, 0.1) is 11.6 Å². The van der Waals surface area contributed by atoms with Gasteiger partial charge in [-0.05, 0) is 18.6 Å². The number of carbonyl (C=O) groups is 1. The van der Waals surface area contributed by atoms with Crippen LogP contribution in [-0.2, 0) is 4.74 Å². The highest BCUT2D eigenvalue weighted by molar-refractivity contribution is 6.03. The summed E-state index contributed by atoms with van der Waals surface area (Å²) < 4.78 is 30.8. The van der Waals surface area contributed by atoms with Crippen molar-refractivity contribution in [2.75, 3.05) is 30.9 Å². The molecule has 0 aliphatic rings. The molecule has 1 heterocycles. The topological polar surface area (TPSA) is 76.1 Å². The predicted octanol–water partition coefficient (Wildman–Crippen LogP) is 2.46. The molecule has 0 radical (unpaired) electrons. The third-order valence-electron chi connectivity index (χ3n) is 2.90. The van der Waals surface area contributed by atoms with E-state index in [1.165, 1.54) is 18.5 Å². The van der Waals surface area contributed by atoms with E-state index in [1.54, 1.807) is 7.11 Å². The van der Waals surface area contributed by atoms with Gasteiger partial charge < -0.3 is 15.4 Å². The third-order valence-corrected chi connectivity index (χ3v) is 2.90. The molecule has 8 heteroatoms. The number of ether oxygens (including phenoxy) is 1. The first kappa shape index (κ1) is 16.8. The second-order valence-electron chi connectivity index (χ2n) is 4.65. The van der Waals surface area contributed by atoms with Gasteiger partial charge in [0.25, 0.3) is 5.91 Å². The predicted molar refractivity (Wildman–Crippen MR) is 81.3 cm³/mol. The third kappa shape index (κ3) is 4.96. The molecular formula is C15H16F2N4O2. The average molecular weight is 322 g/mol. The Labute approximate surface area is 131 Å². The molecule has 0 unspecified atom stereocenters. The smallest absolute Gasteiger partial charge is 0.258 e. The summed E-state index contributed by atoms with van der Waals surface area (Å²) in [4.78, 5) is 20.0. The van der Waals surface area contributed by atoms with E-state index in [-0.39, 0.29) is 11.3 Å². The van der Waals surface area contributed by atoms with E-state index in [2.05, 4.69) is 20.6 Å². The number of nitrogens with zero attached hydrogens (tertiary/aromatic N) is 2. The lowest BCUT2D eigenvalue weighted by atomic mass is 10.2. The van der Waals surface area contributed by atoms with Crippen LogP contribution in [0.2, 0.25) is 0 Å². The first-order valence-corrected chi connectivity index (χ1v) is 6.91. The monoisotopic (exact) mass is 322 g/mol. The standard InChI is InChI=1S/C15H16F2N4O2/c1-23-6-2-5-18-15-19-8-10(9-20-15)14(22)21-11-3-4-12(16)13(17)7-11/h3-4,7-9H,2,5-6H2,1H3,(H,21,22)(H,18,19,20). The zero-order valence-electron chi connectivity index (χ0n) is 12.5. The Balaban J connectivity index is 1.93. The summed E-state index contributed by atoms with van der Waals surface area (Å²) in [5.41, 5.74) is 0.354. The van der Waals surface area contributed by atoms with E-state index in [4.69, 9.17) is 4.74 Å². The first-order valence-electron chi connectivity index (χ1n) is 6.91. The summed E-state index contributed by atoms with van der Waals surface area (Å²) in [6, 6.07) is 3.11. The number of amides is 1. The van der Waals surface area contributed by atoms with Crippen molar-refractivity contribution in [3.8, 4) is 0 Å². The van der Waals surface area contributed by atoms with Gasteiger partial charge in [0.2, 0.25) is 5.95 Å². The molecule has 1 aromatic carbocycles. The molecule has 2 aromatic rings. The van der Waals surface area contributed by atoms with Crippen molar-refractivity contribution in [1.29, 1.82) is 0 Å². The number of rotatable bonds is 7. The van der Waals surface area contributed by atoms with E-state index in [0.717, 1.165) is 18.6 Å². The van der Waals surface area contributed by atoms with Crippen LogP contribution in [0.3, 0.4) is 0 Å². The maximum Gasteiger partial charge on any atom is 0.258 e. The highest BCUT2D eigenvalue weighted by Gasteiger charge is 2.09. The Morgan fingerprint density at radius 1 is 1.22 bits per heavy atom. The Hall–Kier alpha value is -2.61. The lowest BCUT2D eigenvalue weighted by Crippen LogP contribution is -2.14. The quantitative estimate of drug-likeness (QED) is 0.766. The molecule has 0 aliphatic carbocycles. The number of halogens is 2. The van der Waals surface area contributed by atoms with Crippen molar-refractivity contribution in [3.63, 3.8) is 0 Å². The van der Waals surface area contributed by atoms with Crippen LogP contribution in [-0.4, -0.2) is 36.1 Å². The van der Waals surface area contributed by atoms with Crippen molar-refractivity contribution in [3.05, 3.63) is 47.8 Å². The van der Waals surface area contributed by atoms with Crippen molar-refractivity contribution in [1.82, 2.24) is 9.97 Å². The lowest BCUT2D eigenvalue weighted by molar-refractivity contribution is 0.102.